The maximum absolute atomic E-state index is 15.0. The van der Waals surface area contributed by atoms with Crippen LogP contribution in [0, 0.1) is 23.2 Å². The summed E-state index contributed by atoms with van der Waals surface area (Å²) in [7, 11) is 1.58. The molecule has 2 atom stereocenters. The quantitative estimate of drug-likeness (QED) is 0.366. The van der Waals surface area contributed by atoms with Gasteiger partial charge in [-0.05, 0) is 79.9 Å². The second kappa shape index (κ2) is 14.2. The number of benzene rings is 2. The molecule has 2 fully saturated rings. The highest BCUT2D eigenvalue weighted by Gasteiger charge is 2.31. The Morgan fingerprint density at radius 2 is 1.68 bits per heavy atom. The number of ketones is 1. The van der Waals surface area contributed by atoms with Crippen molar-refractivity contribution in [3.63, 3.8) is 0 Å². The van der Waals surface area contributed by atoms with E-state index in [9.17, 15) is 18.8 Å². The van der Waals surface area contributed by atoms with E-state index >= 15 is 0 Å². The molecular weight excluding hydrogens is 561 g/mol. The van der Waals surface area contributed by atoms with Crippen LogP contribution in [0.2, 0.25) is 0 Å². The van der Waals surface area contributed by atoms with Crippen LogP contribution in [0.1, 0.15) is 61.6 Å². The normalized spacial score (nSPS) is 19.2. The fourth-order valence-electron chi connectivity index (χ4n) is 5.81. The number of carbonyl (C=O) groups excluding carboxylic acids is 3. The molecule has 1 N–H and O–H groups in total. The summed E-state index contributed by atoms with van der Waals surface area (Å²) in [6.07, 6.45) is 2.06. The van der Waals surface area contributed by atoms with Crippen LogP contribution in [-0.2, 0) is 6.54 Å². The molecule has 10 heteroatoms. The predicted octanol–water partition coefficient (Wildman–Crippen LogP) is 4.29. The third-order valence-corrected chi connectivity index (χ3v) is 8.55. The molecule has 3 aromatic rings. The van der Waals surface area contributed by atoms with Gasteiger partial charge in [0.1, 0.15) is 17.6 Å². The summed E-state index contributed by atoms with van der Waals surface area (Å²) in [5.41, 5.74) is 2.80. The highest BCUT2D eigenvalue weighted by Crippen LogP contribution is 2.25. The molecule has 0 spiro atoms. The van der Waals surface area contributed by atoms with Crippen molar-refractivity contribution in [1.82, 2.24) is 20.1 Å². The molecule has 0 aliphatic carbocycles. The van der Waals surface area contributed by atoms with E-state index in [0.29, 0.717) is 67.9 Å². The van der Waals surface area contributed by atoms with Gasteiger partial charge in [-0.25, -0.2) is 4.39 Å². The highest BCUT2D eigenvalue weighted by molar-refractivity contribution is 5.99. The number of nitrogens with one attached hydrogen (secondary N) is 1. The van der Waals surface area contributed by atoms with E-state index in [1.807, 2.05) is 17.0 Å². The van der Waals surface area contributed by atoms with Gasteiger partial charge >= 0.3 is 0 Å². The van der Waals surface area contributed by atoms with Crippen LogP contribution >= 0.6 is 0 Å². The Labute approximate surface area is 256 Å². The lowest BCUT2D eigenvalue weighted by molar-refractivity contribution is 0.0645. The van der Waals surface area contributed by atoms with Gasteiger partial charge < -0.3 is 15.0 Å². The van der Waals surface area contributed by atoms with Gasteiger partial charge in [0.15, 0.2) is 5.78 Å². The van der Waals surface area contributed by atoms with Gasteiger partial charge in [0.25, 0.3) is 11.8 Å². The van der Waals surface area contributed by atoms with Crippen LogP contribution in [0.5, 0.6) is 5.75 Å². The van der Waals surface area contributed by atoms with Crippen molar-refractivity contribution in [3.05, 3.63) is 94.8 Å². The van der Waals surface area contributed by atoms with Crippen LogP contribution in [0.3, 0.4) is 0 Å². The number of nitriles is 1. The molecule has 44 heavy (non-hydrogen) atoms. The lowest BCUT2D eigenvalue weighted by atomic mass is 9.88. The van der Waals surface area contributed by atoms with Gasteiger partial charge in [-0.3, -0.25) is 24.3 Å². The topological polar surface area (TPSA) is 116 Å². The minimum atomic E-state index is -1.07. The van der Waals surface area contributed by atoms with E-state index in [0.717, 1.165) is 5.56 Å². The summed E-state index contributed by atoms with van der Waals surface area (Å²) in [5, 5.41) is 11.8. The van der Waals surface area contributed by atoms with Crippen molar-refractivity contribution >= 4 is 17.6 Å². The van der Waals surface area contributed by atoms with Crippen LogP contribution in [0.25, 0.3) is 0 Å². The van der Waals surface area contributed by atoms with Crippen LogP contribution in [0.15, 0.2) is 66.9 Å². The molecule has 1 aromatic heterocycles. The van der Waals surface area contributed by atoms with Crippen molar-refractivity contribution in [2.75, 3.05) is 39.8 Å². The SMILES string of the molecule is COc1ccc(C(=O)C2CCN(C(=O)c3ccc(C(=O)NC[C@@H]4CCN(Cc5ccc(C#N)cc5)C[C@H]4F)cn3)CC2)cc1. The number of carbonyl (C=O) groups is 3. The van der Waals surface area contributed by atoms with E-state index < -0.39 is 6.17 Å². The molecule has 0 radical (unpaired) electrons. The summed E-state index contributed by atoms with van der Waals surface area (Å²) in [6, 6.07) is 19.6. The molecule has 2 aliphatic heterocycles. The van der Waals surface area contributed by atoms with E-state index in [1.54, 1.807) is 54.5 Å². The summed E-state index contributed by atoms with van der Waals surface area (Å²) in [4.78, 5) is 46.7. The zero-order valence-corrected chi connectivity index (χ0v) is 24.7. The number of hydrogen-bond acceptors (Lipinski definition) is 7. The molecule has 228 valence electrons. The number of nitrogens with zero attached hydrogens (tertiary/aromatic N) is 4. The van der Waals surface area contributed by atoms with Gasteiger partial charge in [-0.15, -0.1) is 0 Å². The van der Waals surface area contributed by atoms with Gasteiger partial charge in [0.2, 0.25) is 0 Å². The number of pyridine rings is 1. The summed E-state index contributed by atoms with van der Waals surface area (Å²) < 4.78 is 20.1. The molecule has 0 saturated carbocycles. The fraction of sp³-hybridized carbons (Fsp3) is 0.382. The maximum Gasteiger partial charge on any atom is 0.272 e. The first kappa shape index (κ1) is 30.8. The monoisotopic (exact) mass is 597 g/mol. The third-order valence-electron chi connectivity index (χ3n) is 8.55. The number of aromatic nitrogens is 1. The predicted molar refractivity (Wildman–Crippen MR) is 162 cm³/mol. The number of amides is 2. The Kier molecular flexibility index (Phi) is 9.97. The number of methoxy groups -OCH3 is 1. The van der Waals surface area contributed by atoms with E-state index in [-0.39, 0.29) is 48.2 Å². The Bertz CT molecular complexity index is 1500. The van der Waals surface area contributed by atoms with Crippen molar-refractivity contribution in [2.24, 2.45) is 11.8 Å². The average molecular weight is 598 g/mol. The lowest BCUT2D eigenvalue weighted by Gasteiger charge is -2.34. The Balaban J connectivity index is 1.05. The van der Waals surface area contributed by atoms with E-state index in [1.165, 1.54) is 12.3 Å². The number of halogens is 1. The molecule has 0 unspecified atom stereocenters. The van der Waals surface area contributed by atoms with Crippen LogP contribution < -0.4 is 10.1 Å². The second-order valence-corrected chi connectivity index (χ2v) is 11.4. The van der Waals surface area contributed by atoms with Crippen LogP contribution in [0.4, 0.5) is 4.39 Å². The third kappa shape index (κ3) is 7.47. The first-order chi connectivity index (χ1) is 21.3. The number of ether oxygens (including phenoxy) is 1. The van der Waals surface area contributed by atoms with E-state index in [4.69, 9.17) is 10.00 Å². The maximum atomic E-state index is 15.0. The minimum Gasteiger partial charge on any atom is -0.497 e. The number of hydrogen-bond donors (Lipinski definition) is 1. The molecule has 2 aliphatic rings. The number of rotatable bonds is 9. The first-order valence-electron chi connectivity index (χ1n) is 14.9. The average Bonchev–Trinajstić information content (AvgIpc) is 3.07. The molecule has 2 amide bonds. The van der Waals surface area contributed by atoms with Gasteiger partial charge in [-0.1, -0.05) is 12.1 Å². The van der Waals surface area contributed by atoms with Gasteiger partial charge in [0, 0.05) is 56.3 Å². The molecule has 5 rings (SSSR count). The molecule has 0 bridgehead atoms. The fourth-order valence-corrected chi connectivity index (χ4v) is 5.81. The Morgan fingerprint density at radius 1 is 0.977 bits per heavy atom. The molecule has 2 aromatic carbocycles. The lowest BCUT2D eigenvalue weighted by Crippen LogP contribution is -2.45. The van der Waals surface area contributed by atoms with Crippen molar-refractivity contribution in [1.29, 1.82) is 5.26 Å². The largest absolute Gasteiger partial charge is 0.497 e. The van der Waals surface area contributed by atoms with E-state index in [2.05, 4.69) is 16.4 Å². The second-order valence-electron chi connectivity index (χ2n) is 11.4. The first-order valence-corrected chi connectivity index (χ1v) is 14.9. The smallest absolute Gasteiger partial charge is 0.272 e. The van der Waals surface area contributed by atoms with Gasteiger partial charge in [-0.2, -0.15) is 5.26 Å². The number of likely N-dealkylation sites (tertiary alicyclic amines) is 2. The Morgan fingerprint density at radius 3 is 2.30 bits per heavy atom. The minimum absolute atomic E-state index is 0.0704. The van der Waals surface area contributed by atoms with Crippen LogP contribution in [-0.4, -0.2) is 78.4 Å². The van der Waals surface area contributed by atoms with Crippen molar-refractivity contribution < 1.29 is 23.5 Å². The van der Waals surface area contributed by atoms with Crippen molar-refractivity contribution in [3.8, 4) is 11.8 Å². The highest BCUT2D eigenvalue weighted by atomic mass is 19.1. The molecule has 3 heterocycles. The summed E-state index contributed by atoms with van der Waals surface area (Å²) in [5.74, 6) is -0.266. The standard InChI is InChI=1S/C34H36FN5O4/c1-44-29-9-6-25(7-10-29)32(41)26-13-16-40(17-14-26)34(43)31-11-8-28(20-37-31)33(42)38-19-27-12-15-39(22-30(27)35)21-24-4-2-23(18-36)3-5-24/h2-11,20,26-27,30H,12-17,19,21-22H2,1H3,(H,38,42)/t27-,30+/m0/s1. The summed E-state index contributed by atoms with van der Waals surface area (Å²) >= 11 is 0. The molecular formula is C34H36FN5O4. The zero-order valence-electron chi connectivity index (χ0n) is 24.7. The Hall–Kier alpha value is -4.62. The number of alkyl halides is 1. The zero-order chi connectivity index (χ0) is 31.1. The summed E-state index contributed by atoms with van der Waals surface area (Å²) in [6.45, 7) is 2.73. The number of Topliss-reactive ketones (excluding diaryl/α,β-unsaturated/α-hetero) is 1. The molecule has 2 saturated heterocycles. The van der Waals surface area contributed by atoms with Gasteiger partial charge in [0.05, 0.1) is 24.3 Å². The number of piperidine rings is 2. The molecule has 9 nitrogen and oxygen atoms in total. The van der Waals surface area contributed by atoms with Crippen molar-refractivity contribution in [2.45, 2.75) is 32.0 Å².